The number of nitrogens with one attached hydrogen (secondary N) is 1. The molecule has 3 heteroatoms. The number of hydrogen-bond donors (Lipinski definition) is 2. The van der Waals surface area contributed by atoms with Crippen molar-refractivity contribution >= 4 is 0 Å². The summed E-state index contributed by atoms with van der Waals surface area (Å²) in [5.41, 5.74) is 0.920. The molecule has 1 saturated heterocycles. The normalized spacial score (nSPS) is 22.9. The quantitative estimate of drug-likeness (QED) is 0.776. The van der Waals surface area contributed by atoms with Crippen molar-refractivity contribution in [3.63, 3.8) is 0 Å². The van der Waals surface area contributed by atoms with Crippen LogP contribution in [0.4, 0.5) is 0 Å². The highest BCUT2D eigenvalue weighted by atomic mass is 16.5. The van der Waals surface area contributed by atoms with Crippen molar-refractivity contribution in [3.05, 3.63) is 35.9 Å². The topological polar surface area (TPSA) is 41.5 Å². The molecule has 1 aromatic rings. The molecular weight excluding hydrogens is 190 g/mol. The fourth-order valence-corrected chi connectivity index (χ4v) is 1.77. The molecule has 0 aromatic heterocycles. The molecule has 1 fully saturated rings. The molecule has 0 aliphatic carbocycles. The summed E-state index contributed by atoms with van der Waals surface area (Å²) in [4.78, 5) is 0. The molecule has 2 rings (SSSR count). The molecule has 0 radical (unpaired) electrons. The molecule has 1 aromatic carbocycles. The van der Waals surface area contributed by atoms with Crippen LogP contribution in [0.3, 0.4) is 0 Å². The van der Waals surface area contributed by atoms with Gasteiger partial charge in [-0.2, -0.15) is 0 Å². The number of aliphatic hydroxyl groups is 1. The lowest BCUT2D eigenvalue weighted by molar-refractivity contribution is -0.00171. The van der Waals surface area contributed by atoms with E-state index in [0.717, 1.165) is 25.1 Å². The predicted octanol–water partition coefficient (Wildman–Crippen LogP) is 1.10. The van der Waals surface area contributed by atoms with E-state index in [4.69, 9.17) is 4.74 Å². The van der Waals surface area contributed by atoms with Crippen LogP contribution < -0.4 is 5.32 Å². The molecule has 15 heavy (non-hydrogen) atoms. The van der Waals surface area contributed by atoms with Gasteiger partial charge < -0.3 is 15.2 Å². The molecule has 2 unspecified atom stereocenters. The summed E-state index contributed by atoms with van der Waals surface area (Å²) >= 11 is 0. The predicted molar refractivity (Wildman–Crippen MR) is 58.6 cm³/mol. The Kier molecular flexibility index (Phi) is 3.72. The van der Waals surface area contributed by atoms with Gasteiger partial charge in [0.05, 0.1) is 12.7 Å². The first kappa shape index (κ1) is 10.6. The van der Waals surface area contributed by atoms with Crippen molar-refractivity contribution in [1.29, 1.82) is 0 Å². The molecular formula is C12H17NO2. The van der Waals surface area contributed by atoms with Gasteiger partial charge in [-0.25, -0.2) is 0 Å². The molecule has 0 bridgehead atoms. The molecule has 1 aliphatic rings. The van der Waals surface area contributed by atoms with Crippen molar-refractivity contribution < 1.29 is 9.84 Å². The van der Waals surface area contributed by atoms with Crippen molar-refractivity contribution in [3.8, 4) is 0 Å². The Morgan fingerprint density at radius 2 is 2.20 bits per heavy atom. The number of rotatable bonds is 4. The average Bonchev–Trinajstić information content (AvgIpc) is 2.80. The van der Waals surface area contributed by atoms with Crippen LogP contribution in [0.15, 0.2) is 30.3 Å². The van der Waals surface area contributed by atoms with Crippen LogP contribution in [0.2, 0.25) is 0 Å². The first-order valence-electron chi connectivity index (χ1n) is 5.41. The maximum Gasteiger partial charge on any atom is 0.102 e. The Bertz CT molecular complexity index is 283. The number of ether oxygens (including phenoxy) is 1. The number of hydrogen-bond acceptors (Lipinski definition) is 3. The largest absolute Gasteiger partial charge is 0.386 e. The first-order chi connectivity index (χ1) is 7.36. The Morgan fingerprint density at radius 3 is 2.87 bits per heavy atom. The van der Waals surface area contributed by atoms with Gasteiger partial charge in [0.15, 0.2) is 0 Å². The van der Waals surface area contributed by atoms with Crippen LogP contribution in [0, 0.1) is 0 Å². The molecule has 2 atom stereocenters. The highest BCUT2D eigenvalue weighted by Crippen LogP contribution is 2.14. The zero-order chi connectivity index (χ0) is 10.5. The lowest BCUT2D eigenvalue weighted by atomic mass is 10.1. The fourth-order valence-electron chi connectivity index (χ4n) is 1.77. The third kappa shape index (κ3) is 3.02. The van der Waals surface area contributed by atoms with Gasteiger partial charge in [-0.05, 0) is 18.5 Å². The third-order valence-electron chi connectivity index (χ3n) is 2.69. The van der Waals surface area contributed by atoms with E-state index < -0.39 is 6.10 Å². The zero-order valence-corrected chi connectivity index (χ0v) is 8.73. The smallest absolute Gasteiger partial charge is 0.102 e. The summed E-state index contributed by atoms with van der Waals surface area (Å²) in [6.07, 6.45) is 0.803. The fraction of sp³-hybridized carbons (Fsp3) is 0.500. The summed E-state index contributed by atoms with van der Waals surface area (Å²) < 4.78 is 5.61. The highest BCUT2D eigenvalue weighted by molar-refractivity contribution is 5.17. The lowest BCUT2D eigenvalue weighted by Gasteiger charge is -2.15. The second kappa shape index (κ2) is 5.26. The van der Waals surface area contributed by atoms with E-state index in [1.807, 2.05) is 30.3 Å². The van der Waals surface area contributed by atoms with Gasteiger partial charge in [-0.3, -0.25) is 0 Å². The second-order valence-corrected chi connectivity index (χ2v) is 3.87. The van der Waals surface area contributed by atoms with Gasteiger partial charge in [0.25, 0.3) is 0 Å². The summed E-state index contributed by atoms with van der Waals surface area (Å²) in [6, 6.07) is 9.63. The van der Waals surface area contributed by atoms with Crippen molar-refractivity contribution in [2.75, 3.05) is 19.7 Å². The first-order valence-corrected chi connectivity index (χ1v) is 5.41. The summed E-state index contributed by atoms with van der Waals surface area (Å²) in [5.74, 6) is 0. The second-order valence-electron chi connectivity index (χ2n) is 3.87. The van der Waals surface area contributed by atoms with E-state index in [-0.39, 0.29) is 6.10 Å². The van der Waals surface area contributed by atoms with Crippen molar-refractivity contribution in [1.82, 2.24) is 5.32 Å². The van der Waals surface area contributed by atoms with Crippen LogP contribution in [-0.4, -0.2) is 30.9 Å². The molecule has 0 spiro atoms. The number of aliphatic hydroxyl groups excluding tert-OH is 1. The average molecular weight is 207 g/mol. The molecule has 1 aliphatic heterocycles. The number of benzene rings is 1. The molecule has 2 N–H and O–H groups in total. The van der Waals surface area contributed by atoms with Crippen LogP contribution in [0.5, 0.6) is 0 Å². The minimum atomic E-state index is -0.508. The third-order valence-corrected chi connectivity index (χ3v) is 2.69. The lowest BCUT2D eigenvalue weighted by Crippen LogP contribution is -2.20. The summed E-state index contributed by atoms with van der Waals surface area (Å²) in [5, 5.41) is 13.1. The maximum absolute atomic E-state index is 9.84. The molecule has 0 amide bonds. The van der Waals surface area contributed by atoms with Gasteiger partial charge >= 0.3 is 0 Å². The minimum Gasteiger partial charge on any atom is -0.386 e. The van der Waals surface area contributed by atoms with Gasteiger partial charge in [-0.15, -0.1) is 0 Å². The van der Waals surface area contributed by atoms with Crippen LogP contribution in [0.1, 0.15) is 18.1 Å². The molecule has 1 heterocycles. The highest BCUT2D eigenvalue weighted by Gasteiger charge is 2.16. The van der Waals surface area contributed by atoms with Crippen molar-refractivity contribution in [2.45, 2.75) is 18.6 Å². The standard InChI is InChI=1S/C12H17NO2/c14-12(10-4-2-1-3-5-10)9-15-11-6-7-13-8-11/h1-5,11-14H,6-9H2. The molecule has 3 nitrogen and oxygen atoms in total. The van der Waals surface area contributed by atoms with E-state index in [0.29, 0.717) is 6.61 Å². The molecule has 82 valence electrons. The summed E-state index contributed by atoms with van der Waals surface area (Å²) in [7, 11) is 0. The van der Waals surface area contributed by atoms with E-state index >= 15 is 0 Å². The molecule has 0 saturated carbocycles. The van der Waals surface area contributed by atoms with Gasteiger partial charge in [0, 0.05) is 6.54 Å². The van der Waals surface area contributed by atoms with Gasteiger partial charge in [-0.1, -0.05) is 30.3 Å². The Hall–Kier alpha value is -0.900. The van der Waals surface area contributed by atoms with Crippen LogP contribution in [0.25, 0.3) is 0 Å². The Morgan fingerprint density at radius 1 is 1.40 bits per heavy atom. The Balaban J connectivity index is 1.79. The van der Waals surface area contributed by atoms with Crippen LogP contribution >= 0.6 is 0 Å². The monoisotopic (exact) mass is 207 g/mol. The maximum atomic E-state index is 9.84. The van der Waals surface area contributed by atoms with Gasteiger partial charge in [0.2, 0.25) is 0 Å². The van der Waals surface area contributed by atoms with E-state index in [1.54, 1.807) is 0 Å². The summed E-state index contributed by atoms with van der Waals surface area (Å²) in [6.45, 7) is 2.31. The van der Waals surface area contributed by atoms with E-state index in [2.05, 4.69) is 5.32 Å². The SMILES string of the molecule is OC(COC1CCNC1)c1ccccc1. The zero-order valence-electron chi connectivity index (χ0n) is 8.73. The van der Waals surface area contributed by atoms with E-state index in [1.165, 1.54) is 0 Å². The van der Waals surface area contributed by atoms with Crippen molar-refractivity contribution in [2.24, 2.45) is 0 Å². The van der Waals surface area contributed by atoms with Gasteiger partial charge in [0.1, 0.15) is 6.10 Å². The minimum absolute atomic E-state index is 0.267. The Labute approximate surface area is 90.1 Å². The van der Waals surface area contributed by atoms with E-state index in [9.17, 15) is 5.11 Å². The van der Waals surface area contributed by atoms with Crippen LogP contribution in [-0.2, 0) is 4.74 Å².